The monoisotopic (exact) mass is 278 g/mol. The van der Waals surface area contributed by atoms with E-state index in [0.717, 1.165) is 5.69 Å². The van der Waals surface area contributed by atoms with Gasteiger partial charge in [-0.2, -0.15) is 0 Å². The summed E-state index contributed by atoms with van der Waals surface area (Å²) < 4.78 is 5.31. The maximum Gasteiger partial charge on any atom is 0.410 e. The van der Waals surface area contributed by atoms with Crippen molar-refractivity contribution in [2.75, 3.05) is 6.54 Å². The Hall–Kier alpha value is -2.11. The zero-order valence-corrected chi connectivity index (χ0v) is 11.8. The number of amides is 1. The smallest absolute Gasteiger partial charge is 0.410 e. The molecule has 0 atom stereocenters. The highest BCUT2D eigenvalue weighted by atomic mass is 16.6. The predicted octanol–water partition coefficient (Wildman–Crippen LogP) is 2.07. The van der Waals surface area contributed by atoms with Crippen molar-refractivity contribution in [1.82, 2.24) is 9.88 Å². The molecule has 2 heterocycles. The lowest BCUT2D eigenvalue weighted by Gasteiger charge is -2.31. The van der Waals surface area contributed by atoms with Crippen molar-refractivity contribution in [2.45, 2.75) is 39.3 Å². The third-order valence-corrected chi connectivity index (χ3v) is 2.99. The van der Waals surface area contributed by atoms with Crippen LogP contribution in [0.5, 0.6) is 0 Å². The summed E-state index contributed by atoms with van der Waals surface area (Å²) in [5.41, 5.74) is 0.965. The second-order valence-electron chi connectivity index (χ2n) is 5.74. The lowest BCUT2D eigenvalue weighted by molar-refractivity contribution is 0.0220. The van der Waals surface area contributed by atoms with Crippen LogP contribution in [-0.2, 0) is 17.7 Å². The van der Waals surface area contributed by atoms with Gasteiger partial charge in [-0.25, -0.2) is 9.59 Å². The van der Waals surface area contributed by atoms with E-state index in [1.165, 1.54) is 17.2 Å². The lowest BCUT2D eigenvalue weighted by Crippen LogP contribution is -2.40. The zero-order valence-electron chi connectivity index (χ0n) is 11.8. The van der Waals surface area contributed by atoms with Crippen molar-refractivity contribution < 1.29 is 19.4 Å². The van der Waals surface area contributed by atoms with Crippen LogP contribution in [0.2, 0.25) is 0 Å². The van der Waals surface area contributed by atoms with Crippen molar-refractivity contribution in [2.24, 2.45) is 0 Å². The molecular formula is C14H18N2O4. The van der Waals surface area contributed by atoms with E-state index in [4.69, 9.17) is 4.74 Å². The Morgan fingerprint density at radius 2 is 2.10 bits per heavy atom. The van der Waals surface area contributed by atoms with Crippen LogP contribution in [0.1, 0.15) is 42.4 Å². The molecule has 1 aromatic rings. The molecule has 6 heteroatoms. The van der Waals surface area contributed by atoms with Crippen molar-refractivity contribution in [1.29, 1.82) is 0 Å². The molecule has 0 aliphatic carbocycles. The van der Waals surface area contributed by atoms with Gasteiger partial charge in [0.1, 0.15) is 5.60 Å². The van der Waals surface area contributed by atoms with Crippen LogP contribution >= 0.6 is 0 Å². The van der Waals surface area contributed by atoms with E-state index in [9.17, 15) is 14.7 Å². The fourth-order valence-corrected chi connectivity index (χ4v) is 2.12. The Bertz CT molecular complexity index is 549. The Kier molecular flexibility index (Phi) is 3.65. The zero-order chi connectivity index (χ0) is 14.9. The van der Waals surface area contributed by atoms with Crippen molar-refractivity contribution >= 4 is 12.1 Å². The highest BCUT2D eigenvalue weighted by molar-refractivity contribution is 5.89. The number of carboxylic acid groups (broad SMARTS) is 1. The van der Waals surface area contributed by atoms with Gasteiger partial charge in [0.2, 0.25) is 0 Å². The Balaban J connectivity index is 2.22. The van der Waals surface area contributed by atoms with E-state index >= 15 is 0 Å². The fraction of sp³-hybridized carbons (Fsp3) is 0.500. The van der Waals surface area contributed by atoms with E-state index in [-0.39, 0.29) is 12.1 Å². The summed E-state index contributed by atoms with van der Waals surface area (Å²) in [7, 11) is 0. The van der Waals surface area contributed by atoms with E-state index in [1.807, 2.05) is 0 Å². The van der Waals surface area contributed by atoms with Crippen LogP contribution in [0.3, 0.4) is 0 Å². The average molecular weight is 278 g/mol. The first-order chi connectivity index (χ1) is 9.28. The maximum absolute atomic E-state index is 12.0. The summed E-state index contributed by atoms with van der Waals surface area (Å²) >= 11 is 0. The number of aromatic carboxylic acids is 1. The minimum atomic E-state index is -1.00. The van der Waals surface area contributed by atoms with Gasteiger partial charge in [0.05, 0.1) is 12.1 Å². The van der Waals surface area contributed by atoms with Crippen LogP contribution in [0.15, 0.2) is 12.3 Å². The normalized spacial score (nSPS) is 14.7. The average Bonchev–Trinajstić information content (AvgIpc) is 2.35. The molecule has 20 heavy (non-hydrogen) atoms. The first-order valence-electron chi connectivity index (χ1n) is 6.46. The van der Waals surface area contributed by atoms with Crippen LogP contribution < -0.4 is 0 Å². The van der Waals surface area contributed by atoms with Crippen LogP contribution in [-0.4, -0.2) is 39.2 Å². The van der Waals surface area contributed by atoms with Crippen molar-refractivity contribution in [3.05, 3.63) is 29.1 Å². The van der Waals surface area contributed by atoms with E-state index in [0.29, 0.717) is 18.5 Å². The summed E-state index contributed by atoms with van der Waals surface area (Å²) in [6.45, 7) is 6.10. The summed E-state index contributed by atoms with van der Waals surface area (Å²) in [6, 6.07) is 1.46. The van der Waals surface area contributed by atoms with Gasteiger partial charge in [0, 0.05) is 30.4 Å². The Labute approximate surface area is 117 Å². The van der Waals surface area contributed by atoms with Crippen molar-refractivity contribution in [3.8, 4) is 0 Å². The first-order valence-corrected chi connectivity index (χ1v) is 6.46. The molecule has 108 valence electrons. The molecule has 2 rings (SSSR count). The Morgan fingerprint density at radius 1 is 1.40 bits per heavy atom. The third kappa shape index (κ3) is 3.07. The maximum atomic E-state index is 12.0. The van der Waals surface area contributed by atoms with E-state index < -0.39 is 17.7 Å². The SMILES string of the molecule is CC(C)(C)OC(=O)N1CCc2nccc(C(=O)O)c2C1. The summed E-state index contributed by atoms with van der Waals surface area (Å²) in [5.74, 6) is -1.00. The second kappa shape index (κ2) is 5.11. The minimum absolute atomic E-state index is 0.197. The number of rotatable bonds is 1. The highest BCUT2D eigenvalue weighted by Crippen LogP contribution is 2.22. The van der Waals surface area contributed by atoms with E-state index in [1.54, 1.807) is 20.8 Å². The first kappa shape index (κ1) is 14.3. The molecule has 6 nitrogen and oxygen atoms in total. The molecule has 1 aliphatic rings. The fourth-order valence-electron chi connectivity index (χ4n) is 2.12. The van der Waals surface area contributed by atoms with Gasteiger partial charge in [0.25, 0.3) is 0 Å². The van der Waals surface area contributed by atoms with Gasteiger partial charge in [-0.1, -0.05) is 0 Å². The quantitative estimate of drug-likeness (QED) is 0.850. The number of carbonyl (C=O) groups excluding carboxylic acids is 1. The molecule has 1 aliphatic heterocycles. The van der Waals surface area contributed by atoms with Gasteiger partial charge in [-0.05, 0) is 26.8 Å². The molecule has 1 amide bonds. The molecule has 0 saturated heterocycles. The molecule has 0 bridgehead atoms. The van der Waals surface area contributed by atoms with E-state index in [2.05, 4.69) is 4.98 Å². The molecule has 0 spiro atoms. The summed E-state index contributed by atoms with van der Waals surface area (Å²) in [5, 5.41) is 9.19. The Morgan fingerprint density at radius 3 is 2.70 bits per heavy atom. The topological polar surface area (TPSA) is 79.7 Å². The van der Waals surface area contributed by atoms with Crippen LogP contribution in [0.4, 0.5) is 4.79 Å². The highest BCUT2D eigenvalue weighted by Gasteiger charge is 2.28. The number of fused-ring (bicyclic) bond motifs is 1. The predicted molar refractivity (Wildman–Crippen MR) is 71.5 cm³/mol. The number of carboxylic acids is 1. The molecule has 0 aromatic carbocycles. The van der Waals surface area contributed by atoms with Gasteiger partial charge in [-0.15, -0.1) is 0 Å². The summed E-state index contributed by atoms with van der Waals surface area (Å²) in [6.07, 6.45) is 1.60. The number of hydrogen-bond acceptors (Lipinski definition) is 4. The number of hydrogen-bond donors (Lipinski definition) is 1. The second-order valence-corrected chi connectivity index (χ2v) is 5.74. The van der Waals surface area contributed by atoms with Crippen molar-refractivity contribution in [3.63, 3.8) is 0 Å². The number of pyridine rings is 1. The molecular weight excluding hydrogens is 260 g/mol. The molecule has 1 aromatic heterocycles. The van der Waals surface area contributed by atoms with Gasteiger partial charge < -0.3 is 14.7 Å². The summed E-state index contributed by atoms with van der Waals surface area (Å²) in [4.78, 5) is 29.0. The molecule has 0 fully saturated rings. The number of carbonyl (C=O) groups is 2. The van der Waals surface area contributed by atoms with Crippen LogP contribution in [0, 0.1) is 0 Å². The molecule has 0 unspecified atom stereocenters. The molecule has 0 saturated carbocycles. The lowest BCUT2D eigenvalue weighted by atomic mass is 10.0. The van der Waals surface area contributed by atoms with Crippen LogP contribution in [0.25, 0.3) is 0 Å². The minimum Gasteiger partial charge on any atom is -0.478 e. The van der Waals surface area contributed by atoms with Gasteiger partial charge >= 0.3 is 12.1 Å². The molecule has 1 N–H and O–H groups in total. The standard InChI is InChI=1S/C14H18N2O4/c1-14(2,3)20-13(19)16-7-5-11-10(8-16)9(12(17)18)4-6-15-11/h4,6H,5,7-8H2,1-3H3,(H,17,18). The molecule has 0 radical (unpaired) electrons. The largest absolute Gasteiger partial charge is 0.478 e. The van der Waals surface area contributed by atoms with Gasteiger partial charge in [-0.3, -0.25) is 4.98 Å². The number of aromatic nitrogens is 1. The third-order valence-electron chi connectivity index (χ3n) is 2.99. The van der Waals surface area contributed by atoms with Gasteiger partial charge in [0.15, 0.2) is 0 Å². The number of ether oxygens (including phenoxy) is 1. The number of nitrogens with zero attached hydrogens (tertiary/aromatic N) is 2.